The molecule has 0 bridgehead atoms. The molecule has 0 fully saturated rings. The van der Waals surface area contributed by atoms with Gasteiger partial charge in [0.1, 0.15) is 17.1 Å². The first kappa shape index (κ1) is 24.5. The van der Waals surface area contributed by atoms with Gasteiger partial charge in [-0.2, -0.15) is 18.3 Å². The summed E-state index contributed by atoms with van der Waals surface area (Å²) in [6, 6.07) is 13.5. The number of nitro benzene ring substituents is 1. The van der Waals surface area contributed by atoms with Crippen LogP contribution in [0.15, 0.2) is 70.9 Å². The summed E-state index contributed by atoms with van der Waals surface area (Å²) in [7, 11) is 0. The van der Waals surface area contributed by atoms with Gasteiger partial charge in [-0.15, -0.1) is 5.11 Å². The van der Waals surface area contributed by atoms with Crippen LogP contribution in [-0.2, 0) is 6.18 Å². The first-order chi connectivity index (χ1) is 16.1. The first-order valence-corrected chi connectivity index (χ1v) is 10.3. The van der Waals surface area contributed by atoms with Gasteiger partial charge >= 0.3 is 6.18 Å². The third-order valence-corrected chi connectivity index (χ3v) is 5.00. The van der Waals surface area contributed by atoms with E-state index in [1.807, 2.05) is 18.7 Å². The van der Waals surface area contributed by atoms with Gasteiger partial charge in [0.05, 0.1) is 21.9 Å². The Labute approximate surface area is 193 Å². The predicted molar refractivity (Wildman–Crippen MR) is 124 cm³/mol. The molecule has 3 rings (SSSR count). The number of alkyl halides is 3. The van der Waals surface area contributed by atoms with Crippen molar-refractivity contribution in [3.05, 3.63) is 76.3 Å². The van der Waals surface area contributed by atoms with Gasteiger partial charge < -0.3 is 15.3 Å². The first-order valence-electron chi connectivity index (χ1n) is 10.3. The highest BCUT2D eigenvalue weighted by molar-refractivity contribution is 5.71. The highest BCUT2D eigenvalue weighted by atomic mass is 19.4. The molecule has 0 aliphatic heterocycles. The Bertz CT molecular complexity index is 1190. The van der Waals surface area contributed by atoms with Crippen molar-refractivity contribution in [1.82, 2.24) is 0 Å². The molecule has 0 aliphatic rings. The molecule has 34 heavy (non-hydrogen) atoms. The minimum Gasteiger partial charge on any atom is -0.508 e. The second kappa shape index (κ2) is 10.2. The predicted octanol–water partition coefficient (Wildman–Crippen LogP) is 7.32. The molecular formula is C23H22F3N5O3. The van der Waals surface area contributed by atoms with E-state index in [-0.39, 0.29) is 11.4 Å². The molecule has 3 aromatic carbocycles. The Balaban J connectivity index is 1.81. The maximum Gasteiger partial charge on any atom is 0.416 e. The Morgan fingerprint density at radius 3 is 2.26 bits per heavy atom. The van der Waals surface area contributed by atoms with E-state index in [2.05, 4.69) is 15.5 Å². The van der Waals surface area contributed by atoms with Crippen LogP contribution >= 0.6 is 0 Å². The van der Waals surface area contributed by atoms with E-state index in [1.54, 1.807) is 36.4 Å². The lowest BCUT2D eigenvalue weighted by Crippen LogP contribution is -2.21. The number of benzene rings is 3. The number of anilines is 3. The molecule has 8 nitrogen and oxygen atoms in total. The van der Waals surface area contributed by atoms with Crippen LogP contribution in [0.3, 0.4) is 0 Å². The fourth-order valence-electron chi connectivity index (χ4n) is 3.26. The Hall–Kier alpha value is -4.15. The third kappa shape index (κ3) is 5.80. The van der Waals surface area contributed by atoms with E-state index in [0.29, 0.717) is 23.1 Å². The van der Waals surface area contributed by atoms with Crippen LogP contribution in [0.5, 0.6) is 5.75 Å². The van der Waals surface area contributed by atoms with Gasteiger partial charge in [0.25, 0.3) is 5.69 Å². The fourth-order valence-corrected chi connectivity index (χ4v) is 3.26. The normalized spacial score (nSPS) is 11.6. The molecule has 3 aromatic rings. The molecule has 0 saturated heterocycles. The summed E-state index contributed by atoms with van der Waals surface area (Å²) in [4.78, 5) is 12.4. The van der Waals surface area contributed by atoms with Gasteiger partial charge in [-0.3, -0.25) is 10.1 Å². The molecule has 178 valence electrons. The summed E-state index contributed by atoms with van der Waals surface area (Å²) in [6.45, 7) is 5.42. The number of rotatable bonds is 8. The van der Waals surface area contributed by atoms with Crippen LogP contribution in [0.1, 0.15) is 19.4 Å². The lowest BCUT2D eigenvalue weighted by Gasteiger charge is -2.22. The third-order valence-electron chi connectivity index (χ3n) is 5.00. The van der Waals surface area contributed by atoms with Crippen molar-refractivity contribution in [2.45, 2.75) is 20.0 Å². The molecule has 0 atom stereocenters. The van der Waals surface area contributed by atoms with Crippen LogP contribution in [-0.4, -0.2) is 23.1 Å². The number of nitrogens with zero attached hydrogens (tertiary/aromatic N) is 4. The second-order valence-electron chi connectivity index (χ2n) is 7.20. The number of halogens is 3. The van der Waals surface area contributed by atoms with Crippen molar-refractivity contribution in [2.75, 3.05) is 23.3 Å². The summed E-state index contributed by atoms with van der Waals surface area (Å²) in [5, 5.41) is 32.3. The zero-order chi connectivity index (χ0) is 24.9. The van der Waals surface area contributed by atoms with E-state index in [0.717, 1.165) is 30.9 Å². The summed E-state index contributed by atoms with van der Waals surface area (Å²) in [6.07, 6.45) is -4.68. The second-order valence-corrected chi connectivity index (χ2v) is 7.20. The standard InChI is InChI=1S/C23H22F3N5O3/c1-3-30(4-2)21-14-18(32)10-12-20(21)29-28-17-8-6-16(7-9-17)27-19-11-5-15(23(24,25)26)13-22(19)31(33)34/h5-14,27,32H,3-4H2,1-2H3. The molecular weight excluding hydrogens is 451 g/mol. The molecule has 0 heterocycles. The monoisotopic (exact) mass is 473 g/mol. The highest BCUT2D eigenvalue weighted by Crippen LogP contribution is 2.37. The van der Waals surface area contributed by atoms with E-state index in [1.165, 1.54) is 6.07 Å². The summed E-state index contributed by atoms with van der Waals surface area (Å²) in [5.41, 5.74) is 0.376. The Kier molecular flexibility index (Phi) is 7.34. The van der Waals surface area contributed by atoms with Crippen molar-refractivity contribution in [3.63, 3.8) is 0 Å². The zero-order valence-corrected chi connectivity index (χ0v) is 18.4. The van der Waals surface area contributed by atoms with E-state index in [9.17, 15) is 28.4 Å². The molecule has 0 amide bonds. The molecule has 0 radical (unpaired) electrons. The minimum absolute atomic E-state index is 0.0691. The van der Waals surface area contributed by atoms with Gasteiger partial charge in [-0.25, -0.2) is 0 Å². The van der Waals surface area contributed by atoms with Crippen LogP contribution < -0.4 is 10.2 Å². The summed E-state index contributed by atoms with van der Waals surface area (Å²) >= 11 is 0. The quantitative estimate of drug-likeness (QED) is 0.203. The van der Waals surface area contributed by atoms with Crippen molar-refractivity contribution in [1.29, 1.82) is 0 Å². The van der Waals surface area contributed by atoms with Gasteiger partial charge in [0, 0.05) is 30.9 Å². The molecule has 0 aliphatic carbocycles. The van der Waals surface area contributed by atoms with E-state index in [4.69, 9.17) is 0 Å². The van der Waals surface area contributed by atoms with E-state index >= 15 is 0 Å². The number of aromatic hydroxyl groups is 1. The Morgan fingerprint density at radius 1 is 1.00 bits per heavy atom. The summed E-state index contributed by atoms with van der Waals surface area (Å²) < 4.78 is 38.6. The number of hydrogen-bond donors (Lipinski definition) is 2. The number of hydrogen-bond acceptors (Lipinski definition) is 7. The Morgan fingerprint density at radius 2 is 1.68 bits per heavy atom. The number of azo groups is 1. The number of nitro groups is 1. The SMILES string of the molecule is CCN(CC)c1cc(O)ccc1N=Nc1ccc(Nc2ccc(C(F)(F)F)cc2[N+](=O)[O-])cc1. The van der Waals surface area contributed by atoms with Crippen LogP contribution in [0, 0.1) is 10.1 Å². The average Bonchev–Trinajstić information content (AvgIpc) is 2.79. The minimum atomic E-state index is -4.68. The molecule has 11 heteroatoms. The van der Waals surface area contributed by atoms with Crippen LogP contribution in [0.4, 0.5) is 47.3 Å². The number of nitrogens with one attached hydrogen (secondary N) is 1. The number of phenols is 1. The highest BCUT2D eigenvalue weighted by Gasteiger charge is 2.33. The average molecular weight is 473 g/mol. The maximum absolute atomic E-state index is 12.9. The van der Waals surface area contributed by atoms with Gasteiger partial charge in [0.2, 0.25) is 0 Å². The number of phenolic OH excluding ortho intramolecular Hbond substituents is 1. The molecule has 0 saturated carbocycles. The topological polar surface area (TPSA) is 103 Å². The van der Waals surface area contributed by atoms with Gasteiger partial charge in [0.15, 0.2) is 0 Å². The van der Waals surface area contributed by atoms with Crippen LogP contribution in [0.25, 0.3) is 0 Å². The van der Waals surface area contributed by atoms with Crippen molar-refractivity contribution in [2.24, 2.45) is 10.2 Å². The molecule has 2 N–H and O–H groups in total. The van der Waals surface area contributed by atoms with Crippen molar-refractivity contribution < 1.29 is 23.2 Å². The fraction of sp³-hybridized carbons (Fsp3) is 0.217. The van der Waals surface area contributed by atoms with Gasteiger partial charge in [-0.05, 0) is 62.4 Å². The van der Waals surface area contributed by atoms with E-state index < -0.39 is 22.4 Å². The van der Waals surface area contributed by atoms with Crippen LogP contribution in [0.2, 0.25) is 0 Å². The molecule has 0 spiro atoms. The maximum atomic E-state index is 12.9. The molecule has 0 aromatic heterocycles. The lowest BCUT2D eigenvalue weighted by atomic mass is 10.1. The zero-order valence-electron chi connectivity index (χ0n) is 18.4. The molecule has 0 unspecified atom stereocenters. The van der Waals surface area contributed by atoms with Crippen molar-refractivity contribution >= 4 is 34.1 Å². The lowest BCUT2D eigenvalue weighted by molar-refractivity contribution is -0.384. The van der Waals surface area contributed by atoms with Gasteiger partial charge in [-0.1, -0.05) is 0 Å². The summed E-state index contributed by atoms with van der Waals surface area (Å²) in [5.74, 6) is 0.119. The smallest absolute Gasteiger partial charge is 0.416 e. The largest absolute Gasteiger partial charge is 0.508 e. The van der Waals surface area contributed by atoms with Crippen molar-refractivity contribution in [3.8, 4) is 5.75 Å².